The van der Waals surface area contributed by atoms with E-state index in [-0.39, 0.29) is 25.0 Å². The van der Waals surface area contributed by atoms with Crippen molar-refractivity contribution < 1.29 is 33.7 Å². The highest BCUT2D eigenvalue weighted by Crippen LogP contribution is 2.63. The van der Waals surface area contributed by atoms with Crippen LogP contribution in [0.4, 0.5) is 0 Å². The van der Waals surface area contributed by atoms with Crippen LogP contribution >= 0.6 is 0 Å². The number of carbonyl (C=O) groups excluding carboxylic acids is 3. The SMILES string of the molecule is C=CCCCCOC(=O)[C@H]1[C@H]2C(=O)N(CCCCO)C(C(=O)N(CC=C)CCN3CCOCC3)C23CC[C@]1(C)O3. The van der Waals surface area contributed by atoms with Crippen LogP contribution < -0.4 is 0 Å². The van der Waals surface area contributed by atoms with Gasteiger partial charge in [0.1, 0.15) is 17.6 Å². The third-order valence-electron chi connectivity index (χ3n) is 9.07. The van der Waals surface area contributed by atoms with E-state index in [9.17, 15) is 19.5 Å². The monoisotopic (exact) mass is 561 g/mol. The van der Waals surface area contributed by atoms with Gasteiger partial charge in [-0.15, -0.1) is 13.2 Å². The molecule has 10 heteroatoms. The first-order valence-electron chi connectivity index (χ1n) is 14.9. The maximum absolute atomic E-state index is 14.4. The molecule has 1 N–H and O–H groups in total. The van der Waals surface area contributed by atoms with Crippen molar-refractivity contribution in [3.05, 3.63) is 25.3 Å². The van der Waals surface area contributed by atoms with Crippen LogP contribution in [0.2, 0.25) is 0 Å². The first-order chi connectivity index (χ1) is 19.3. The molecule has 4 heterocycles. The number of fused-ring (bicyclic) bond motifs is 1. The molecule has 0 aromatic heterocycles. The smallest absolute Gasteiger partial charge is 0.312 e. The predicted octanol–water partition coefficient (Wildman–Crippen LogP) is 1.77. The number of hydrogen-bond donors (Lipinski definition) is 1. The van der Waals surface area contributed by atoms with E-state index in [4.69, 9.17) is 14.2 Å². The lowest BCUT2D eigenvalue weighted by Crippen LogP contribution is -2.57. The quantitative estimate of drug-likeness (QED) is 0.173. The minimum absolute atomic E-state index is 0.00668. The van der Waals surface area contributed by atoms with Crippen molar-refractivity contribution in [2.24, 2.45) is 11.8 Å². The first-order valence-corrected chi connectivity index (χ1v) is 14.9. The second-order valence-corrected chi connectivity index (χ2v) is 11.7. The summed E-state index contributed by atoms with van der Waals surface area (Å²) in [6.45, 7) is 14.6. The third kappa shape index (κ3) is 6.00. The predicted molar refractivity (Wildman–Crippen MR) is 149 cm³/mol. The maximum atomic E-state index is 14.4. The number of unbranched alkanes of at least 4 members (excludes halogenated alkanes) is 3. The average molecular weight is 562 g/mol. The van der Waals surface area contributed by atoms with Gasteiger partial charge < -0.3 is 29.1 Å². The van der Waals surface area contributed by atoms with Crippen molar-refractivity contribution in [2.45, 2.75) is 69.1 Å². The fourth-order valence-corrected chi connectivity index (χ4v) is 7.06. The van der Waals surface area contributed by atoms with Crippen molar-refractivity contribution in [1.29, 1.82) is 0 Å². The molecule has 4 fully saturated rings. The number of aliphatic hydroxyl groups excluding tert-OH is 1. The molecule has 0 aliphatic carbocycles. The van der Waals surface area contributed by atoms with Gasteiger partial charge in [0.15, 0.2) is 0 Å². The Hall–Kier alpha value is -2.27. The summed E-state index contributed by atoms with van der Waals surface area (Å²) in [6, 6.07) is -0.833. The number of rotatable bonds is 16. The summed E-state index contributed by atoms with van der Waals surface area (Å²) in [7, 11) is 0. The van der Waals surface area contributed by atoms with E-state index < -0.39 is 35.0 Å². The van der Waals surface area contributed by atoms with Crippen molar-refractivity contribution in [2.75, 3.05) is 65.7 Å². The van der Waals surface area contributed by atoms with Crippen molar-refractivity contribution in [3.63, 3.8) is 0 Å². The van der Waals surface area contributed by atoms with Gasteiger partial charge in [-0.25, -0.2) is 0 Å². The maximum Gasteiger partial charge on any atom is 0.312 e. The van der Waals surface area contributed by atoms with Crippen LogP contribution in [0, 0.1) is 11.8 Å². The van der Waals surface area contributed by atoms with Gasteiger partial charge in [-0.3, -0.25) is 19.3 Å². The molecule has 2 amide bonds. The Bertz CT molecular complexity index is 938. The highest BCUT2D eigenvalue weighted by atomic mass is 16.6. The van der Waals surface area contributed by atoms with Crippen molar-refractivity contribution in [3.8, 4) is 0 Å². The molecule has 0 radical (unpaired) electrons. The van der Waals surface area contributed by atoms with Gasteiger partial charge in [0.25, 0.3) is 0 Å². The van der Waals surface area contributed by atoms with E-state index in [2.05, 4.69) is 18.1 Å². The Morgan fingerprint density at radius 1 is 1.12 bits per heavy atom. The van der Waals surface area contributed by atoms with Crippen LogP contribution in [0.25, 0.3) is 0 Å². The number of likely N-dealkylation sites (tertiary alicyclic amines) is 1. The lowest BCUT2D eigenvalue weighted by atomic mass is 9.66. The molecular weight excluding hydrogens is 514 g/mol. The summed E-state index contributed by atoms with van der Waals surface area (Å²) >= 11 is 0. The number of amides is 2. The van der Waals surface area contributed by atoms with Gasteiger partial charge in [-0.1, -0.05) is 12.2 Å². The zero-order valence-electron chi connectivity index (χ0n) is 24.1. The molecule has 40 heavy (non-hydrogen) atoms. The van der Waals surface area contributed by atoms with Gasteiger partial charge in [-0.2, -0.15) is 0 Å². The van der Waals surface area contributed by atoms with Crippen LogP contribution in [-0.2, 0) is 28.6 Å². The average Bonchev–Trinajstić information content (AvgIpc) is 3.52. The molecule has 10 nitrogen and oxygen atoms in total. The number of morpholine rings is 1. The van der Waals surface area contributed by atoms with Gasteiger partial charge in [0, 0.05) is 45.9 Å². The molecule has 5 atom stereocenters. The van der Waals surface area contributed by atoms with Gasteiger partial charge in [0.05, 0.1) is 31.3 Å². The van der Waals surface area contributed by atoms with E-state index in [0.29, 0.717) is 65.1 Å². The molecule has 4 saturated heterocycles. The Morgan fingerprint density at radius 2 is 1.90 bits per heavy atom. The second-order valence-electron chi connectivity index (χ2n) is 11.7. The summed E-state index contributed by atoms with van der Waals surface area (Å²) in [5.74, 6) is -2.33. The number of esters is 1. The Labute approximate surface area is 238 Å². The topological polar surface area (TPSA) is 109 Å². The van der Waals surface area contributed by atoms with Gasteiger partial charge in [0.2, 0.25) is 11.8 Å². The summed E-state index contributed by atoms with van der Waals surface area (Å²) in [5.41, 5.74) is -1.93. The molecule has 4 rings (SSSR count). The standard InChI is InChI=1S/C30H47N3O7/c1-4-6-7-10-20-39-28(37)24-23-26(35)33(14-8-9-19-34)25(30(23)12-11-29(24,3)40-30)27(36)32(13-5-2)16-15-31-17-21-38-22-18-31/h4-5,23-25,34H,1-2,6-22H2,3H3/t23-,24+,25?,29-,30?/m0/s1. The molecule has 0 aromatic carbocycles. The van der Waals surface area contributed by atoms with E-state index in [0.717, 1.165) is 32.4 Å². The molecule has 1 spiro atoms. The largest absolute Gasteiger partial charge is 0.465 e. The molecule has 2 unspecified atom stereocenters. The number of aliphatic hydroxyl groups is 1. The Morgan fingerprint density at radius 3 is 2.60 bits per heavy atom. The molecule has 224 valence electrons. The van der Waals surface area contributed by atoms with E-state index >= 15 is 0 Å². The van der Waals surface area contributed by atoms with Crippen molar-refractivity contribution in [1.82, 2.24) is 14.7 Å². The van der Waals surface area contributed by atoms with Crippen LogP contribution in [0.5, 0.6) is 0 Å². The van der Waals surface area contributed by atoms with E-state index in [1.54, 1.807) is 15.9 Å². The molecule has 2 bridgehead atoms. The zero-order valence-corrected chi connectivity index (χ0v) is 24.1. The minimum Gasteiger partial charge on any atom is -0.465 e. The molecule has 4 aliphatic heterocycles. The lowest BCUT2D eigenvalue weighted by Gasteiger charge is -2.37. The summed E-state index contributed by atoms with van der Waals surface area (Å²) in [4.78, 5) is 47.6. The Balaban J connectivity index is 1.58. The van der Waals surface area contributed by atoms with E-state index in [1.165, 1.54) is 0 Å². The van der Waals surface area contributed by atoms with Crippen LogP contribution in [0.1, 0.15) is 51.9 Å². The fourth-order valence-electron chi connectivity index (χ4n) is 7.06. The van der Waals surface area contributed by atoms with Crippen LogP contribution in [0.3, 0.4) is 0 Å². The number of allylic oxidation sites excluding steroid dienone is 1. The molecule has 0 aromatic rings. The third-order valence-corrected chi connectivity index (χ3v) is 9.07. The summed E-state index contributed by atoms with van der Waals surface area (Å²) in [5, 5.41) is 9.39. The summed E-state index contributed by atoms with van der Waals surface area (Å²) in [6.07, 6.45) is 8.18. The first kappa shape index (κ1) is 30.7. The number of hydrogen-bond acceptors (Lipinski definition) is 8. The fraction of sp³-hybridized carbons (Fsp3) is 0.767. The molecule has 4 aliphatic rings. The van der Waals surface area contributed by atoms with Gasteiger partial charge >= 0.3 is 5.97 Å². The normalized spacial score (nSPS) is 31.3. The zero-order chi connectivity index (χ0) is 28.8. The van der Waals surface area contributed by atoms with Crippen LogP contribution in [-0.4, -0.2) is 121 Å². The van der Waals surface area contributed by atoms with E-state index in [1.807, 2.05) is 13.0 Å². The number of ether oxygens (including phenoxy) is 3. The lowest BCUT2D eigenvalue weighted by molar-refractivity contribution is -0.160. The van der Waals surface area contributed by atoms with Gasteiger partial charge in [-0.05, 0) is 51.9 Å². The molecular formula is C30H47N3O7. The highest BCUT2D eigenvalue weighted by Gasteiger charge is 2.78. The second kappa shape index (κ2) is 13.6. The Kier molecular flexibility index (Phi) is 10.4. The highest BCUT2D eigenvalue weighted by molar-refractivity contribution is 5.98. The van der Waals surface area contributed by atoms with Crippen LogP contribution in [0.15, 0.2) is 25.3 Å². The number of carbonyl (C=O) groups is 3. The molecule has 0 saturated carbocycles. The van der Waals surface area contributed by atoms with Crippen molar-refractivity contribution >= 4 is 17.8 Å². The number of nitrogens with zero attached hydrogens (tertiary/aromatic N) is 3. The minimum atomic E-state index is -1.08. The summed E-state index contributed by atoms with van der Waals surface area (Å²) < 4.78 is 17.8.